The van der Waals surface area contributed by atoms with Crippen LogP contribution in [0, 0.1) is 17.8 Å². The molecule has 14 nitrogen and oxygen atoms in total. The van der Waals surface area contributed by atoms with Crippen LogP contribution in [0.15, 0.2) is 6.33 Å². The number of amides is 2. The molecule has 1 saturated carbocycles. The number of nitrogens with one attached hydrogen (secondary N) is 2. The third-order valence-corrected chi connectivity index (χ3v) is 7.89. The van der Waals surface area contributed by atoms with E-state index in [1.165, 1.54) is 10.9 Å². The second-order valence-electron chi connectivity index (χ2n) is 10.9. The SMILES string of the molecule is Nc1nc(C#CCC2CCN(C(=O)OC3CCNC3)CC2)nc2c1ncn2[C@@H]1O[C@H](C(=O)NC2CC2)[C@H](O)C1O. The van der Waals surface area contributed by atoms with Gasteiger partial charge in [-0.25, -0.2) is 19.7 Å². The second-order valence-corrected chi connectivity index (χ2v) is 10.9. The third-order valence-electron chi connectivity index (χ3n) is 7.89. The van der Waals surface area contributed by atoms with Crippen molar-refractivity contribution in [1.29, 1.82) is 0 Å². The van der Waals surface area contributed by atoms with Gasteiger partial charge in [-0.3, -0.25) is 9.36 Å². The Morgan fingerprint density at radius 1 is 1.18 bits per heavy atom. The Kier molecular flexibility index (Phi) is 7.45. The van der Waals surface area contributed by atoms with E-state index >= 15 is 0 Å². The molecule has 0 spiro atoms. The van der Waals surface area contributed by atoms with Crippen molar-refractivity contribution in [2.75, 3.05) is 31.9 Å². The zero-order chi connectivity index (χ0) is 27.8. The van der Waals surface area contributed by atoms with Crippen LogP contribution in [0.2, 0.25) is 0 Å². The first-order valence-corrected chi connectivity index (χ1v) is 13.8. The smallest absolute Gasteiger partial charge is 0.410 e. The number of hydrogen-bond donors (Lipinski definition) is 5. The maximum Gasteiger partial charge on any atom is 0.410 e. The van der Waals surface area contributed by atoms with E-state index in [4.69, 9.17) is 15.2 Å². The molecular weight excluding hydrogens is 520 g/mol. The highest BCUT2D eigenvalue weighted by Gasteiger charge is 2.48. The molecule has 14 heteroatoms. The van der Waals surface area contributed by atoms with Gasteiger partial charge in [0.05, 0.1) is 6.33 Å². The molecule has 2 aromatic heterocycles. The molecule has 6 rings (SSSR count). The summed E-state index contributed by atoms with van der Waals surface area (Å²) < 4.78 is 12.8. The van der Waals surface area contributed by atoms with Crippen molar-refractivity contribution < 1.29 is 29.3 Å². The predicted octanol–water partition coefficient (Wildman–Crippen LogP) is -0.742. The number of carbonyl (C=O) groups is 2. The number of aliphatic hydroxyl groups excluding tert-OH is 2. The first-order valence-electron chi connectivity index (χ1n) is 13.8. The fourth-order valence-corrected chi connectivity index (χ4v) is 5.34. The Labute approximate surface area is 230 Å². The summed E-state index contributed by atoms with van der Waals surface area (Å²) in [7, 11) is 0. The molecule has 5 heterocycles. The number of likely N-dealkylation sites (tertiary alicyclic amines) is 1. The van der Waals surface area contributed by atoms with Crippen LogP contribution < -0.4 is 16.4 Å². The number of anilines is 1. The number of imidazole rings is 1. The van der Waals surface area contributed by atoms with Crippen LogP contribution in [0.25, 0.3) is 11.2 Å². The van der Waals surface area contributed by atoms with Gasteiger partial charge in [0.15, 0.2) is 23.8 Å². The number of piperidine rings is 1. The summed E-state index contributed by atoms with van der Waals surface area (Å²) in [6, 6.07) is 0.0886. The molecule has 40 heavy (non-hydrogen) atoms. The number of carbonyl (C=O) groups excluding carboxylic acids is 2. The number of hydrogen-bond acceptors (Lipinski definition) is 11. The first kappa shape index (κ1) is 26.7. The zero-order valence-electron chi connectivity index (χ0n) is 22.0. The van der Waals surface area contributed by atoms with Gasteiger partial charge < -0.3 is 41.0 Å². The van der Waals surface area contributed by atoms with Crippen molar-refractivity contribution in [2.45, 2.75) is 75.2 Å². The van der Waals surface area contributed by atoms with E-state index in [1.807, 2.05) is 0 Å². The number of aliphatic hydroxyl groups is 2. The van der Waals surface area contributed by atoms with Crippen molar-refractivity contribution in [2.24, 2.45) is 5.92 Å². The van der Waals surface area contributed by atoms with E-state index < -0.39 is 30.4 Å². The highest BCUT2D eigenvalue weighted by molar-refractivity contribution is 5.83. The van der Waals surface area contributed by atoms with Crippen molar-refractivity contribution in [1.82, 2.24) is 35.1 Å². The van der Waals surface area contributed by atoms with Crippen LogP contribution in [0.5, 0.6) is 0 Å². The molecular formula is C26H34N8O6. The highest BCUT2D eigenvalue weighted by atomic mass is 16.6. The second kappa shape index (κ2) is 11.2. The molecule has 2 amide bonds. The Bertz CT molecular complexity index is 1320. The Morgan fingerprint density at radius 3 is 2.70 bits per heavy atom. The molecule has 2 unspecified atom stereocenters. The van der Waals surface area contributed by atoms with Crippen molar-refractivity contribution in [3.63, 3.8) is 0 Å². The van der Waals surface area contributed by atoms with Crippen LogP contribution >= 0.6 is 0 Å². The zero-order valence-corrected chi connectivity index (χ0v) is 22.0. The van der Waals surface area contributed by atoms with Gasteiger partial charge in [-0.2, -0.15) is 0 Å². The molecule has 5 atom stereocenters. The molecule has 0 radical (unpaired) electrons. The summed E-state index contributed by atoms with van der Waals surface area (Å²) in [6.45, 7) is 2.86. The lowest BCUT2D eigenvalue weighted by atomic mass is 9.94. The highest BCUT2D eigenvalue weighted by Crippen LogP contribution is 2.33. The van der Waals surface area contributed by atoms with Crippen LogP contribution in [-0.4, -0.2) is 103 Å². The molecule has 3 aliphatic heterocycles. The van der Waals surface area contributed by atoms with Crippen LogP contribution in [0.1, 0.15) is 50.6 Å². The van der Waals surface area contributed by atoms with Gasteiger partial charge in [-0.1, -0.05) is 5.92 Å². The number of aromatic nitrogens is 4. The van der Waals surface area contributed by atoms with Crippen LogP contribution in [-0.2, 0) is 14.3 Å². The minimum absolute atomic E-state index is 0.0426. The summed E-state index contributed by atoms with van der Waals surface area (Å²) in [6.07, 6.45) is 0.904. The number of nitrogens with two attached hydrogens (primary N) is 1. The van der Waals surface area contributed by atoms with E-state index in [0.717, 1.165) is 38.6 Å². The predicted molar refractivity (Wildman–Crippen MR) is 140 cm³/mol. The van der Waals surface area contributed by atoms with Gasteiger partial charge in [-0.05, 0) is 50.5 Å². The number of fused-ring (bicyclic) bond motifs is 1. The van der Waals surface area contributed by atoms with Gasteiger partial charge in [0.2, 0.25) is 5.82 Å². The molecule has 0 bridgehead atoms. The van der Waals surface area contributed by atoms with Gasteiger partial charge in [0.25, 0.3) is 5.91 Å². The van der Waals surface area contributed by atoms with Gasteiger partial charge >= 0.3 is 6.09 Å². The largest absolute Gasteiger partial charge is 0.445 e. The third kappa shape index (κ3) is 5.55. The quantitative estimate of drug-likeness (QED) is 0.293. The minimum Gasteiger partial charge on any atom is -0.445 e. The maximum atomic E-state index is 12.5. The fourth-order valence-electron chi connectivity index (χ4n) is 5.34. The Hall–Kier alpha value is -3.51. The molecule has 0 aromatic carbocycles. The van der Waals surface area contributed by atoms with Crippen LogP contribution in [0.4, 0.5) is 10.6 Å². The Balaban J connectivity index is 1.09. The van der Waals surface area contributed by atoms with Crippen molar-refractivity contribution in [3.05, 3.63) is 12.2 Å². The van der Waals surface area contributed by atoms with E-state index in [9.17, 15) is 19.8 Å². The molecule has 4 aliphatic rings. The molecule has 214 valence electrons. The minimum atomic E-state index is -1.41. The van der Waals surface area contributed by atoms with Gasteiger partial charge in [0, 0.05) is 32.1 Å². The fraction of sp³-hybridized carbons (Fsp3) is 0.654. The van der Waals surface area contributed by atoms with Gasteiger partial charge in [0.1, 0.15) is 23.8 Å². The molecule has 6 N–H and O–H groups in total. The summed E-state index contributed by atoms with van der Waals surface area (Å²) in [5.41, 5.74) is 6.70. The lowest BCUT2D eigenvalue weighted by molar-refractivity contribution is -0.137. The number of rotatable bonds is 5. The van der Waals surface area contributed by atoms with E-state index in [0.29, 0.717) is 37.5 Å². The monoisotopic (exact) mass is 554 g/mol. The van der Waals surface area contributed by atoms with Crippen LogP contribution in [0.3, 0.4) is 0 Å². The normalized spacial score (nSPS) is 28.9. The number of ether oxygens (including phenoxy) is 2. The summed E-state index contributed by atoms with van der Waals surface area (Å²) in [5.74, 6) is 6.28. The first-order chi connectivity index (χ1) is 19.4. The van der Waals surface area contributed by atoms with Crippen molar-refractivity contribution in [3.8, 4) is 11.8 Å². The van der Waals surface area contributed by atoms with Gasteiger partial charge in [-0.15, -0.1) is 0 Å². The summed E-state index contributed by atoms with van der Waals surface area (Å²) in [5, 5.41) is 27.1. The van der Waals surface area contributed by atoms with E-state index in [-0.39, 0.29) is 35.5 Å². The van der Waals surface area contributed by atoms with E-state index in [2.05, 4.69) is 37.4 Å². The topological polar surface area (TPSA) is 190 Å². The summed E-state index contributed by atoms with van der Waals surface area (Å²) >= 11 is 0. The maximum absolute atomic E-state index is 12.5. The number of nitrogens with zero attached hydrogens (tertiary/aromatic N) is 5. The Morgan fingerprint density at radius 2 is 1.98 bits per heavy atom. The lowest BCUT2D eigenvalue weighted by Gasteiger charge is -2.31. The van der Waals surface area contributed by atoms with Crippen molar-refractivity contribution >= 4 is 29.0 Å². The molecule has 4 fully saturated rings. The average Bonchev–Trinajstić information content (AvgIpc) is 3.29. The lowest BCUT2D eigenvalue weighted by Crippen LogP contribution is -2.43. The average molecular weight is 555 g/mol. The molecule has 1 aliphatic carbocycles. The molecule has 2 aromatic rings. The molecule has 3 saturated heterocycles. The standard InChI is InChI=1S/C26H34N8O6/c27-22-18-23(34(13-29-18)25-20(36)19(35)21(40-25)24(37)30-15-4-5-15)32-17(31-22)3-1-2-14-7-10-33(11-8-14)26(38)39-16-6-9-28-12-16/h13-16,19-21,25,28,35-36H,2,4-12H2,(H,30,37)(H2,27,31,32)/t16?,19-,20?,21+,25-/m1/s1. The number of nitrogen functional groups attached to an aromatic ring is 1. The summed E-state index contributed by atoms with van der Waals surface area (Å²) in [4.78, 5) is 39.6. The van der Waals surface area contributed by atoms with E-state index in [1.54, 1.807) is 4.90 Å².